The summed E-state index contributed by atoms with van der Waals surface area (Å²) in [5, 5.41) is 3.04. The number of nitrogens with zero attached hydrogens (tertiary/aromatic N) is 1. The van der Waals surface area contributed by atoms with E-state index < -0.39 is 5.97 Å². The predicted octanol–water partition coefficient (Wildman–Crippen LogP) is 3.13. The van der Waals surface area contributed by atoms with Gasteiger partial charge in [-0.25, -0.2) is 0 Å². The molecular weight excluding hydrogens is 380 g/mol. The van der Waals surface area contributed by atoms with E-state index in [1.807, 2.05) is 36.1 Å². The minimum atomic E-state index is -0.412. The van der Waals surface area contributed by atoms with Crippen LogP contribution in [0.4, 0.5) is 0 Å². The number of likely N-dealkylation sites (tertiary alicyclic amines) is 1. The molecule has 3 rings (SSSR count). The van der Waals surface area contributed by atoms with Crippen LogP contribution in [0.5, 0.6) is 5.75 Å². The van der Waals surface area contributed by atoms with Crippen molar-refractivity contribution in [2.24, 2.45) is 5.92 Å². The van der Waals surface area contributed by atoms with Gasteiger partial charge in [0.25, 0.3) is 5.91 Å². The quantitative estimate of drug-likeness (QED) is 0.589. The van der Waals surface area contributed by atoms with Gasteiger partial charge in [0.2, 0.25) is 5.91 Å². The number of esters is 1. The third kappa shape index (κ3) is 5.92. The van der Waals surface area contributed by atoms with Crippen LogP contribution in [0.15, 0.2) is 48.5 Å². The molecule has 0 bridgehead atoms. The summed E-state index contributed by atoms with van der Waals surface area (Å²) in [6, 6.07) is 14.6. The zero-order valence-electron chi connectivity index (χ0n) is 17.5. The number of hydrogen-bond donors (Lipinski definition) is 1. The molecule has 1 aliphatic rings. The number of amides is 2. The third-order valence-electron chi connectivity index (χ3n) is 5.44. The lowest BCUT2D eigenvalue weighted by atomic mass is 9.96. The molecule has 30 heavy (non-hydrogen) atoms. The summed E-state index contributed by atoms with van der Waals surface area (Å²) in [6.07, 6.45) is 2.09. The highest BCUT2D eigenvalue weighted by atomic mass is 16.5. The molecule has 6 nitrogen and oxygen atoms in total. The highest BCUT2D eigenvalue weighted by molar-refractivity contribution is 5.94. The van der Waals surface area contributed by atoms with Gasteiger partial charge in [-0.15, -0.1) is 0 Å². The number of hydrogen-bond acceptors (Lipinski definition) is 4. The first-order valence-electron chi connectivity index (χ1n) is 10.3. The van der Waals surface area contributed by atoms with Crippen molar-refractivity contribution in [3.8, 4) is 5.75 Å². The van der Waals surface area contributed by atoms with Crippen LogP contribution in [0.2, 0.25) is 0 Å². The van der Waals surface area contributed by atoms with E-state index in [0.29, 0.717) is 43.3 Å². The Bertz CT molecular complexity index is 917. The van der Waals surface area contributed by atoms with Crippen molar-refractivity contribution in [1.29, 1.82) is 0 Å². The first-order chi connectivity index (χ1) is 14.4. The summed E-state index contributed by atoms with van der Waals surface area (Å²) in [5.41, 5.74) is 2.68. The van der Waals surface area contributed by atoms with E-state index >= 15 is 0 Å². The molecule has 0 aromatic heterocycles. The van der Waals surface area contributed by atoms with E-state index in [1.54, 1.807) is 24.3 Å². The van der Waals surface area contributed by atoms with Crippen LogP contribution in [0, 0.1) is 12.8 Å². The van der Waals surface area contributed by atoms with Crippen LogP contribution < -0.4 is 10.1 Å². The number of benzene rings is 2. The van der Waals surface area contributed by atoms with Crippen LogP contribution in [0.1, 0.15) is 41.3 Å². The van der Waals surface area contributed by atoms with E-state index in [0.717, 1.165) is 24.0 Å². The zero-order chi connectivity index (χ0) is 21.5. The molecule has 1 heterocycles. The van der Waals surface area contributed by atoms with Gasteiger partial charge in [0.05, 0.1) is 6.42 Å². The Kier molecular flexibility index (Phi) is 7.22. The van der Waals surface area contributed by atoms with E-state index in [1.165, 1.54) is 6.92 Å². The molecule has 1 saturated heterocycles. The Balaban J connectivity index is 1.45. The molecule has 2 aromatic rings. The fourth-order valence-corrected chi connectivity index (χ4v) is 3.68. The molecule has 1 aliphatic heterocycles. The van der Waals surface area contributed by atoms with Crippen LogP contribution in [0.3, 0.4) is 0 Å². The van der Waals surface area contributed by atoms with Gasteiger partial charge in [-0.3, -0.25) is 14.4 Å². The molecule has 0 unspecified atom stereocenters. The Labute approximate surface area is 177 Å². The lowest BCUT2D eigenvalue weighted by Crippen LogP contribution is -2.41. The zero-order valence-corrected chi connectivity index (χ0v) is 17.5. The van der Waals surface area contributed by atoms with Crippen molar-refractivity contribution in [2.75, 3.05) is 19.6 Å². The maximum atomic E-state index is 12.8. The Hall–Kier alpha value is -3.15. The van der Waals surface area contributed by atoms with Crippen LogP contribution in [-0.4, -0.2) is 42.3 Å². The van der Waals surface area contributed by atoms with Gasteiger partial charge in [-0.05, 0) is 55.0 Å². The first kappa shape index (κ1) is 21.6. The van der Waals surface area contributed by atoms with Crippen molar-refractivity contribution in [3.63, 3.8) is 0 Å². The van der Waals surface area contributed by atoms with Gasteiger partial charge in [0, 0.05) is 32.1 Å². The Morgan fingerprint density at radius 2 is 1.80 bits per heavy atom. The second kappa shape index (κ2) is 10.1. The molecule has 0 aliphatic carbocycles. The summed E-state index contributed by atoms with van der Waals surface area (Å²) >= 11 is 0. The van der Waals surface area contributed by atoms with Crippen molar-refractivity contribution in [3.05, 3.63) is 65.2 Å². The fraction of sp³-hybridized carbons (Fsp3) is 0.375. The summed E-state index contributed by atoms with van der Waals surface area (Å²) in [5.74, 6) is 0.294. The van der Waals surface area contributed by atoms with E-state index in [-0.39, 0.29) is 11.8 Å². The number of ether oxygens (including phenoxy) is 1. The molecule has 0 spiro atoms. The van der Waals surface area contributed by atoms with Gasteiger partial charge >= 0.3 is 5.97 Å². The normalized spacial score (nSPS) is 14.3. The van der Waals surface area contributed by atoms with Gasteiger partial charge in [-0.1, -0.05) is 30.3 Å². The fourth-order valence-electron chi connectivity index (χ4n) is 3.68. The van der Waals surface area contributed by atoms with E-state index in [2.05, 4.69) is 5.32 Å². The van der Waals surface area contributed by atoms with Crippen LogP contribution >= 0.6 is 0 Å². The predicted molar refractivity (Wildman–Crippen MR) is 114 cm³/mol. The maximum Gasteiger partial charge on any atom is 0.308 e. The second-order valence-electron chi connectivity index (χ2n) is 7.76. The highest BCUT2D eigenvalue weighted by Crippen LogP contribution is 2.21. The van der Waals surface area contributed by atoms with Crippen molar-refractivity contribution < 1.29 is 19.1 Å². The molecule has 2 aromatic carbocycles. The van der Waals surface area contributed by atoms with Crippen molar-refractivity contribution in [1.82, 2.24) is 10.2 Å². The largest absolute Gasteiger partial charge is 0.427 e. The summed E-state index contributed by atoms with van der Waals surface area (Å²) in [7, 11) is 0. The average Bonchev–Trinajstić information content (AvgIpc) is 2.73. The molecule has 1 fully saturated rings. The molecule has 2 amide bonds. The highest BCUT2D eigenvalue weighted by Gasteiger charge is 2.24. The van der Waals surface area contributed by atoms with Crippen molar-refractivity contribution in [2.45, 2.75) is 33.1 Å². The molecular formula is C24H28N2O4. The molecule has 6 heteroatoms. The van der Waals surface area contributed by atoms with Crippen LogP contribution in [0.25, 0.3) is 0 Å². The minimum Gasteiger partial charge on any atom is -0.427 e. The first-order valence-corrected chi connectivity index (χ1v) is 10.3. The third-order valence-corrected chi connectivity index (χ3v) is 5.44. The number of aryl methyl sites for hydroxylation is 1. The number of rotatable bonds is 6. The average molecular weight is 408 g/mol. The van der Waals surface area contributed by atoms with E-state index in [4.69, 9.17) is 4.74 Å². The lowest BCUT2D eigenvalue weighted by Gasteiger charge is -2.32. The van der Waals surface area contributed by atoms with Gasteiger partial charge < -0.3 is 15.0 Å². The standard InChI is InChI=1S/C24H28N2O4/c1-17-6-3-4-7-20(17)15-23(28)25-16-19-10-12-26(13-11-19)24(29)21-8-5-9-22(14-21)30-18(2)27/h3-9,14,19H,10-13,15-16H2,1-2H3,(H,25,28). The Morgan fingerprint density at radius 3 is 2.50 bits per heavy atom. The monoisotopic (exact) mass is 408 g/mol. The van der Waals surface area contributed by atoms with Gasteiger partial charge in [0.15, 0.2) is 0 Å². The lowest BCUT2D eigenvalue weighted by molar-refractivity contribution is -0.131. The molecule has 0 radical (unpaired) electrons. The van der Waals surface area contributed by atoms with E-state index in [9.17, 15) is 14.4 Å². The maximum absolute atomic E-state index is 12.8. The molecule has 1 N–H and O–H groups in total. The molecule has 158 valence electrons. The summed E-state index contributed by atoms with van der Waals surface area (Å²) in [6.45, 7) is 5.27. The number of nitrogens with one attached hydrogen (secondary N) is 1. The number of piperidine rings is 1. The van der Waals surface area contributed by atoms with Gasteiger partial charge in [0.1, 0.15) is 5.75 Å². The van der Waals surface area contributed by atoms with Gasteiger partial charge in [-0.2, -0.15) is 0 Å². The summed E-state index contributed by atoms with van der Waals surface area (Å²) in [4.78, 5) is 38.0. The second-order valence-corrected chi connectivity index (χ2v) is 7.76. The topological polar surface area (TPSA) is 75.7 Å². The minimum absolute atomic E-state index is 0.0325. The van der Waals surface area contributed by atoms with Crippen LogP contribution in [-0.2, 0) is 16.0 Å². The number of carbonyl (C=O) groups is 3. The smallest absolute Gasteiger partial charge is 0.308 e. The molecule has 0 saturated carbocycles. The summed E-state index contributed by atoms with van der Waals surface area (Å²) < 4.78 is 5.06. The molecule has 0 atom stereocenters. The number of carbonyl (C=O) groups excluding carboxylic acids is 3. The Morgan fingerprint density at radius 1 is 1.07 bits per heavy atom. The SMILES string of the molecule is CC(=O)Oc1cccc(C(=O)N2CCC(CNC(=O)Cc3ccccc3C)CC2)c1. The van der Waals surface area contributed by atoms with Crippen molar-refractivity contribution >= 4 is 17.8 Å².